The van der Waals surface area contributed by atoms with Crippen LogP contribution in [0.5, 0.6) is 0 Å². The molecule has 4 N–H and O–H groups in total. The molecular weight excluding hydrogens is 460 g/mol. The monoisotopic (exact) mass is 490 g/mol. The van der Waals surface area contributed by atoms with Crippen LogP contribution in [-0.4, -0.2) is 64.5 Å². The van der Waals surface area contributed by atoms with Crippen LogP contribution in [-0.2, 0) is 0 Å². The standard InChI is InChI=1S/C25H30N8O3/c1-12-13(2)29-30-20(12)23(34)27-16-7-15-8-18(28-22(15)26-9-16)17-10-33(31-14(17)3)19-11-32(24(35)36)21(19)25(4,5)6/h7-10,19,21H,11H2,1-6H3,(H,26,28)(H,27,34)(H,29,30)(H,35,36). The Morgan fingerprint density at radius 1 is 1.17 bits per heavy atom. The molecule has 11 heteroatoms. The first-order chi connectivity index (χ1) is 16.9. The van der Waals surface area contributed by atoms with Gasteiger partial charge in [0.2, 0.25) is 0 Å². The molecule has 2 atom stereocenters. The summed E-state index contributed by atoms with van der Waals surface area (Å²) in [6.45, 7) is 12.2. The Kier molecular flexibility index (Phi) is 5.38. The number of anilines is 1. The molecule has 0 bridgehead atoms. The van der Waals surface area contributed by atoms with Crippen LogP contribution in [0.1, 0.15) is 54.3 Å². The summed E-state index contributed by atoms with van der Waals surface area (Å²) in [6.07, 6.45) is 2.67. The SMILES string of the molecule is Cc1nn(C2CN(C(=O)O)C2C(C)(C)C)cc1-c1cc2cc(NC(=O)c3[nH]nc(C)c3C)cnc2[nH]1. The maximum atomic E-state index is 12.6. The number of aromatic amines is 2. The quantitative estimate of drug-likeness (QED) is 0.336. The van der Waals surface area contributed by atoms with Crippen molar-refractivity contribution in [3.63, 3.8) is 0 Å². The van der Waals surface area contributed by atoms with Crippen molar-refractivity contribution in [1.82, 2.24) is 34.8 Å². The highest BCUT2D eigenvalue weighted by Gasteiger charge is 2.49. The van der Waals surface area contributed by atoms with Crippen LogP contribution in [0.25, 0.3) is 22.3 Å². The van der Waals surface area contributed by atoms with Crippen LogP contribution in [0.3, 0.4) is 0 Å². The van der Waals surface area contributed by atoms with E-state index in [1.807, 2.05) is 64.6 Å². The normalized spacial score (nSPS) is 17.9. The summed E-state index contributed by atoms with van der Waals surface area (Å²) in [6, 6.07) is 3.64. The average Bonchev–Trinajstić information content (AvgIpc) is 3.43. The molecular formula is C25H30N8O3. The second-order valence-electron chi connectivity index (χ2n) is 10.5. The number of rotatable bonds is 4. The second kappa shape index (κ2) is 8.21. The zero-order valence-electron chi connectivity index (χ0n) is 21.2. The lowest BCUT2D eigenvalue weighted by atomic mass is 9.76. The van der Waals surface area contributed by atoms with E-state index in [1.54, 1.807) is 6.20 Å². The largest absolute Gasteiger partial charge is 0.465 e. The summed E-state index contributed by atoms with van der Waals surface area (Å²) in [5.41, 5.74) is 5.68. The van der Waals surface area contributed by atoms with Crippen molar-refractivity contribution in [2.75, 3.05) is 11.9 Å². The highest BCUT2D eigenvalue weighted by Crippen LogP contribution is 2.41. The molecule has 2 amide bonds. The van der Waals surface area contributed by atoms with Gasteiger partial charge in [-0.25, -0.2) is 9.78 Å². The fourth-order valence-electron chi connectivity index (χ4n) is 5.00. The van der Waals surface area contributed by atoms with Crippen molar-refractivity contribution in [3.05, 3.63) is 47.2 Å². The van der Waals surface area contributed by atoms with Gasteiger partial charge in [-0.3, -0.25) is 14.6 Å². The van der Waals surface area contributed by atoms with Crippen molar-refractivity contribution < 1.29 is 14.7 Å². The maximum absolute atomic E-state index is 12.6. The highest BCUT2D eigenvalue weighted by atomic mass is 16.4. The number of aromatic nitrogens is 6. The summed E-state index contributed by atoms with van der Waals surface area (Å²) in [4.78, 5) is 33.6. The first-order valence-electron chi connectivity index (χ1n) is 11.8. The predicted molar refractivity (Wildman–Crippen MR) is 135 cm³/mol. The smallest absolute Gasteiger partial charge is 0.407 e. The van der Waals surface area contributed by atoms with E-state index < -0.39 is 6.09 Å². The van der Waals surface area contributed by atoms with Crippen LogP contribution < -0.4 is 5.32 Å². The molecule has 2 unspecified atom stereocenters. The van der Waals surface area contributed by atoms with Gasteiger partial charge in [-0.05, 0) is 38.3 Å². The van der Waals surface area contributed by atoms with Gasteiger partial charge in [0, 0.05) is 29.3 Å². The molecule has 188 valence electrons. The van der Waals surface area contributed by atoms with Crippen molar-refractivity contribution in [3.8, 4) is 11.3 Å². The number of carbonyl (C=O) groups is 2. The number of carboxylic acid groups (broad SMARTS) is 1. The number of H-pyrrole nitrogens is 2. The molecule has 0 radical (unpaired) electrons. The first-order valence-corrected chi connectivity index (χ1v) is 11.8. The number of nitrogens with zero attached hydrogens (tertiary/aromatic N) is 5. The zero-order chi connectivity index (χ0) is 25.9. The predicted octanol–water partition coefficient (Wildman–Crippen LogP) is 4.28. The number of hydrogen-bond acceptors (Lipinski definition) is 5. The molecule has 0 spiro atoms. The van der Waals surface area contributed by atoms with Gasteiger partial charge < -0.3 is 20.3 Å². The van der Waals surface area contributed by atoms with Crippen molar-refractivity contribution in [2.45, 2.75) is 53.6 Å². The molecule has 4 aromatic rings. The van der Waals surface area contributed by atoms with E-state index in [9.17, 15) is 14.7 Å². The summed E-state index contributed by atoms with van der Waals surface area (Å²) in [7, 11) is 0. The number of fused-ring (bicyclic) bond motifs is 1. The van der Waals surface area contributed by atoms with Crippen LogP contribution in [0.2, 0.25) is 0 Å². The minimum Gasteiger partial charge on any atom is -0.465 e. The third-order valence-electron chi connectivity index (χ3n) is 6.97. The van der Waals surface area contributed by atoms with Gasteiger partial charge >= 0.3 is 6.09 Å². The molecule has 1 aliphatic heterocycles. The lowest BCUT2D eigenvalue weighted by molar-refractivity contribution is -0.0320. The third-order valence-corrected chi connectivity index (χ3v) is 6.97. The molecule has 1 saturated heterocycles. The number of hydrogen-bond donors (Lipinski definition) is 4. The molecule has 1 fully saturated rings. The average molecular weight is 491 g/mol. The lowest BCUT2D eigenvalue weighted by Gasteiger charge is -2.52. The fourth-order valence-corrected chi connectivity index (χ4v) is 5.00. The van der Waals surface area contributed by atoms with Gasteiger partial charge in [-0.2, -0.15) is 10.2 Å². The van der Waals surface area contributed by atoms with Gasteiger partial charge in [0.15, 0.2) is 0 Å². The zero-order valence-corrected chi connectivity index (χ0v) is 21.2. The van der Waals surface area contributed by atoms with E-state index in [4.69, 9.17) is 5.10 Å². The summed E-state index contributed by atoms with van der Waals surface area (Å²) in [5.74, 6) is -0.272. The van der Waals surface area contributed by atoms with Crippen LogP contribution in [0.4, 0.5) is 10.5 Å². The van der Waals surface area contributed by atoms with Crippen LogP contribution in [0.15, 0.2) is 24.5 Å². The van der Waals surface area contributed by atoms with E-state index >= 15 is 0 Å². The van der Waals surface area contributed by atoms with Crippen molar-refractivity contribution in [2.24, 2.45) is 5.41 Å². The van der Waals surface area contributed by atoms with Crippen molar-refractivity contribution >= 4 is 28.7 Å². The number of aryl methyl sites for hydroxylation is 2. The summed E-state index contributed by atoms with van der Waals surface area (Å²) >= 11 is 0. The molecule has 0 saturated carbocycles. The lowest BCUT2D eigenvalue weighted by Crippen LogP contribution is -2.63. The molecule has 5 rings (SSSR count). The van der Waals surface area contributed by atoms with E-state index in [1.165, 1.54) is 4.90 Å². The molecule has 4 aromatic heterocycles. The Bertz CT molecular complexity index is 1490. The molecule has 0 aliphatic carbocycles. The van der Waals surface area contributed by atoms with E-state index in [-0.39, 0.29) is 23.4 Å². The van der Waals surface area contributed by atoms with E-state index in [2.05, 4.69) is 25.5 Å². The van der Waals surface area contributed by atoms with Crippen LogP contribution >= 0.6 is 0 Å². The molecule has 11 nitrogen and oxygen atoms in total. The van der Waals surface area contributed by atoms with Gasteiger partial charge in [0.25, 0.3) is 5.91 Å². The molecule has 1 aliphatic rings. The van der Waals surface area contributed by atoms with Gasteiger partial charge in [0.1, 0.15) is 11.3 Å². The Morgan fingerprint density at radius 2 is 1.92 bits per heavy atom. The van der Waals surface area contributed by atoms with Crippen LogP contribution in [0, 0.1) is 26.2 Å². The Hall–Kier alpha value is -4.15. The Morgan fingerprint density at radius 3 is 2.56 bits per heavy atom. The number of likely N-dealkylation sites (tertiary alicyclic amines) is 1. The summed E-state index contributed by atoms with van der Waals surface area (Å²) in [5, 5.41) is 24.9. The minimum absolute atomic E-state index is 0.0348. The Balaban J connectivity index is 1.40. The number of carbonyl (C=O) groups excluding carboxylic acids is 1. The van der Waals surface area contributed by atoms with E-state index in [0.717, 1.165) is 33.6 Å². The number of pyridine rings is 1. The minimum atomic E-state index is -0.905. The Labute approximate surface area is 207 Å². The van der Waals surface area contributed by atoms with Gasteiger partial charge in [-0.15, -0.1) is 0 Å². The van der Waals surface area contributed by atoms with Gasteiger partial charge in [-0.1, -0.05) is 20.8 Å². The molecule has 5 heterocycles. The third kappa shape index (κ3) is 3.90. The van der Waals surface area contributed by atoms with Gasteiger partial charge in [0.05, 0.1) is 41.0 Å². The second-order valence-corrected chi connectivity index (χ2v) is 10.5. The first kappa shape index (κ1) is 23.6. The molecule has 0 aromatic carbocycles. The fraction of sp³-hybridized carbons (Fsp3) is 0.400. The van der Waals surface area contributed by atoms with Crippen molar-refractivity contribution in [1.29, 1.82) is 0 Å². The topological polar surface area (TPSA) is 145 Å². The van der Waals surface area contributed by atoms with E-state index in [0.29, 0.717) is 23.6 Å². The maximum Gasteiger partial charge on any atom is 0.407 e. The number of amides is 2. The summed E-state index contributed by atoms with van der Waals surface area (Å²) < 4.78 is 1.89. The highest BCUT2D eigenvalue weighted by molar-refractivity contribution is 6.04. The number of nitrogens with one attached hydrogen (secondary N) is 3. The molecule has 36 heavy (non-hydrogen) atoms.